The molecule has 0 aliphatic carbocycles. The van der Waals surface area contributed by atoms with Crippen LogP contribution in [0.4, 0.5) is 5.00 Å². The number of thiophene rings is 1. The van der Waals surface area contributed by atoms with Crippen LogP contribution in [-0.2, 0) is 0 Å². The quantitative estimate of drug-likeness (QED) is 0.865. The Hall–Kier alpha value is -1.37. The number of carbonyl (C=O) groups excluding carboxylic acids is 1. The van der Waals surface area contributed by atoms with Gasteiger partial charge in [0.1, 0.15) is 4.88 Å². The zero-order chi connectivity index (χ0) is 14.0. The average Bonchev–Trinajstić information content (AvgIpc) is 2.81. The maximum Gasteiger partial charge on any atom is 0.345 e. The molecule has 0 spiro atoms. The lowest BCUT2D eigenvalue weighted by atomic mass is 10.2. The van der Waals surface area contributed by atoms with Gasteiger partial charge >= 0.3 is 5.97 Å². The summed E-state index contributed by atoms with van der Waals surface area (Å²) in [5.74, 6) is -1.34. The summed E-state index contributed by atoms with van der Waals surface area (Å²) in [6, 6.07) is 7.80. The molecule has 2 N–H and O–H groups in total. The van der Waals surface area contributed by atoms with Crippen LogP contribution in [0.25, 0.3) is 0 Å². The van der Waals surface area contributed by atoms with E-state index in [9.17, 15) is 9.59 Å². The molecule has 0 aliphatic rings. The molecule has 19 heavy (non-hydrogen) atoms. The highest BCUT2D eigenvalue weighted by Gasteiger charge is 2.11. The summed E-state index contributed by atoms with van der Waals surface area (Å²) in [4.78, 5) is 22.8. The van der Waals surface area contributed by atoms with Gasteiger partial charge in [-0.3, -0.25) is 4.79 Å². The van der Waals surface area contributed by atoms with Crippen molar-refractivity contribution in [2.75, 3.05) is 5.32 Å². The first-order valence-electron chi connectivity index (χ1n) is 5.07. The zero-order valence-electron chi connectivity index (χ0n) is 9.31. The smallest absolute Gasteiger partial charge is 0.345 e. The molecule has 2 rings (SSSR count). The maximum atomic E-state index is 11.9. The highest BCUT2D eigenvalue weighted by Crippen LogP contribution is 2.25. The number of carboxylic acids is 1. The summed E-state index contributed by atoms with van der Waals surface area (Å²) in [5, 5.41) is 12.4. The molecule has 7 heteroatoms. The van der Waals surface area contributed by atoms with E-state index in [1.807, 2.05) is 0 Å². The monoisotopic (exact) mass is 359 g/mol. The summed E-state index contributed by atoms with van der Waals surface area (Å²) >= 11 is 10.1. The normalized spacial score (nSPS) is 10.2. The molecule has 1 aromatic heterocycles. The number of amides is 1. The fraction of sp³-hybridized carbons (Fsp3) is 0. The fourth-order valence-electron chi connectivity index (χ4n) is 1.34. The lowest BCUT2D eigenvalue weighted by Gasteiger charge is -2.03. The minimum absolute atomic E-state index is 0.174. The first kappa shape index (κ1) is 14.0. The van der Waals surface area contributed by atoms with Gasteiger partial charge in [0.05, 0.1) is 10.0 Å². The van der Waals surface area contributed by atoms with E-state index in [1.54, 1.807) is 24.3 Å². The predicted molar refractivity (Wildman–Crippen MR) is 78.4 cm³/mol. The van der Waals surface area contributed by atoms with Gasteiger partial charge in [-0.1, -0.05) is 11.6 Å². The maximum absolute atomic E-state index is 11.9. The molecular weight excluding hydrogens is 354 g/mol. The Balaban J connectivity index is 2.15. The van der Waals surface area contributed by atoms with Gasteiger partial charge in [-0.05, 0) is 46.3 Å². The van der Waals surface area contributed by atoms with Crippen LogP contribution in [0, 0.1) is 0 Å². The number of carbonyl (C=O) groups is 2. The van der Waals surface area contributed by atoms with E-state index in [0.717, 1.165) is 11.3 Å². The second-order valence-electron chi connectivity index (χ2n) is 3.55. The van der Waals surface area contributed by atoms with Crippen LogP contribution in [0.3, 0.4) is 0 Å². The van der Waals surface area contributed by atoms with Gasteiger partial charge in [0.15, 0.2) is 0 Å². The largest absolute Gasteiger partial charge is 0.477 e. The third-order valence-electron chi connectivity index (χ3n) is 2.24. The van der Waals surface area contributed by atoms with Crippen molar-refractivity contribution in [3.8, 4) is 0 Å². The molecule has 0 atom stereocenters. The van der Waals surface area contributed by atoms with E-state index < -0.39 is 5.97 Å². The number of hydrogen-bond donors (Lipinski definition) is 2. The van der Waals surface area contributed by atoms with Gasteiger partial charge < -0.3 is 10.4 Å². The third kappa shape index (κ3) is 3.34. The predicted octanol–water partition coefficient (Wildman–Crippen LogP) is 4.11. The molecule has 1 heterocycles. The molecule has 1 aromatic carbocycles. The van der Waals surface area contributed by atoms with Crippen LogP contribution in [0.1, 0.15) is 20.0 Å². The third-order valence-corrected chi connectivity index (χ3v) is 4.44. The first-order valence-corrected chi connectivity index (χ1v) is 7.05. The number of aromatic carboxylic acids is 1. The summed E-state index contributed by atoms with van der Waals surface area (Å²) < 4.78 is 0.624. The van der Waals surface area contributed by atoms with Gasteiger partial charge in [0.2, 0.25) is 0 Å². The Kier molecular flexibility index (Phi) is 4.24. The second kappa shape index (κ2) is 5.73. The van der Waals surface area contributed by atoms with E-state index in [1.165, 1.54) is 6.07 Å². The van der Waals surface area contributed by atoms with E-state index in [-0.39, 0.29) is 10.8 Å². The van der Waals surface area contributed by atoms with Crippen molar-refractivity contribution in [2.24, 2.45) is 0 Å². The lowest BCUT2D eigenvalue weighted by molar-refractivity contribution is 0.0702. The van der Waals surface area contributed by atoms with E-state index in [2.05, 4.69) is 21.2 Å². The molecule has 0 aliphatic heterocycles. The van der Waals surface area contributed by atoms with Crippen molar-refractivity contribution in [3.63, 3.8) is 0 Å². The molecule has 1 amide bonds. The molecule has 0 fully saturated rings. The van der Waals surface area contributed by atoms with Crippen LogP contribution in [0.15, 0.2) is 34.8 Å². The summed E-state index contributed by atoms with van der Waals surface area (Å²) in [6.45, 7) is 0. The molecule has 0 saturated heterocycles. The van der Waals surface area contributed by atoms with E-state index in [4.69, 9.17) is 16.7 Å². The van der Waals surface area contributed by atoms with Crippen LogP contribution in [-0.4, -0.2) is 17.0 Å². The van der Waals surface area contributed by atoms with Gasteiger partial charge in [-0.15, -0.1) is 11.3 Å². The topological polar surface area (TPSA) is 66.4 Å². The van der Waals surface area contributed by atoms with Gasteiger partial charge in [0, 0.05) is 10.0 Å². The summed E-state index contributed by atoms with van der Waals surface area (Å²) in [6.07, 6.45) is 0. The Bertz CT molecular complexity index is 656. The van der Waals surface area contributed by atoms with Crippen LogP contribution >= 0.6 is 38.9 Å². The van der Waals surface area contributed by atoms with Crippen molar-refractivity contribution >= 4 is 55.7 Å². The van der Waals surface area contributed by atoms with Crippen LogP contribution < -0.4 is 5.32 Å². The number of rotatable bonds is 3. The van der Waals surface area contributed by atoms with Crippen molar-refractivity contribution in [3.05, 3.63) is 50.3 Å². The molecule has 0 radical (unpaired) electrons. The first-order chi connectivity index (χ1) is 8.97. The molecule has 0 bridgehead atoms. The molecule has 0 unspecified atom stereocenters. The van der Waals surface area contributed by atoms with Gasteiger partial charge in [-0.2, -0.15) is 0 Å². The zero-order valence-corrected chi connectivity index (χ0v) is 12.5. The van der Waals surface area contributed by atoms with Crippen LogP contribution in [0.5, 0.6) is 0 Å². The molecular formula is C12H7BrClNO3S. The number of hydrogen-bond acceptors (Lipinski definition) is 3. The minimum Gasteiger partial charge on any atom is -0.477 e. The highest BCUT2D eigenvalue weighted by atomic mass is 79.9. The fourth-order valence-corrected chi connectivity index (χ4v) is 2.58. The van der Waals surface area contributed by atoms with Crippen molar-refractivity contribution in [2.45, 2.75) is 0 Å². The van der Waals surface area contributed by atoms with Gasteiger partial charge in [0.25, 0.3) is 5.91 Å². The van der Waals surface area contributed by atoms with Crippen LogP contribution in [0.2, 0.25) is 5.02 Å². The molecule has 4 nitrogen and oxygen atoms in total. The van der Waals surface area contributed by atoms with Crippen molar-refractivity contribution in [1.29, 1.82) is 0 Å². The number of anilines is 1. The SMILES string of the molecule is O=C(Nc1ccc(C(=O)O)s1)c1ccc(Cl)c(Br)c1. The molecule has 0 saturated carbocycles. The number of nitrogens with one attached hydrogen (secondary N) is 1. The highest BCUT2D eigenvalue weighted by molar-refractivity contribution is 9.10. The Morgan fingerprint density at radius 2 is 2.00 bits per heavy atom. The number of halogens is 2. The van der Waals surface area contributed by atoms with E-state index >= 15 is 0 Å². The standard InChI is InChI=1S/C12H7BrClNO3S/c13-7-5-6(1-2-8(7)14)11(16)15-10-4-3-9(19-10)12(17)18/h1-5H,(H,15,16)(H,17,18). The van der Waals surface area contributed by atoms with Crippen molar-refractivity contribution < 1.29 is 14.7 Å². The Morgan fingerprint density at radius 3 is 2.58 bits per heavy atom. The average molecular weight is 361 g/mol. The second-order valence-corrected chi connectivity index (χ2v) is 5.90. The number of carboxylic acid groups (broad SMARTS) is 1. The Labute approximate surface area is 126 Å². The summed E-state index contributed by atoms with van der Waals surface area (Å²) in [7, 11) is 0. The lowest BCUT2D eigenvalue weighted by Crippen LogP contribution is -2.10. The van der Waals surface area contributed by atoms with E-state index in [0.29, 0.717) is 20.1 Å². The molecule has 2 aromatic rings. The van der Waals surface area contributed by atoms with Crippen molar-refractivity contribution in [1.82, 2.24) is 0 Å². The number of benzene rings is 1. The minimum atomic E-state index is -1.01. The summed E-state index contributed by atoms with van der Waals surface area (Å²) in [5.41, 5.74) is 0.432. The van der Waals surface area contributed by atoms with Gasteiger partial charge in [-0.25, -0.2) is 4.79 Å². The Morgan fingerprint density at radius 1 is 1.26 bits per heavy atom. The molecule has 98 valence electrons.